The molecule has 3 unspecified atom stereocenters. The van der Waals surface area contributed by atoms with Crippen molar-refractivity contribution in [1.29, 1.82) is 0 Å². The van der Waals surface area contributed by atoms with Crippen molar-refractivity contribution in [2.45, 2.75) is 63.3 Å². The summed E-state index contributed by atoms with van der Waals surface area (Å²) in [4.78, 5) is 64.3. The van der Waals surface area contributed by atoms with Gasteiger partial charge in [0.2, 0.25) is 5.91 Å². The highest BCUT2D eigenvalue weighted by Gasteiger charge is 2.52. The molecule has 0 radical (unpaired) electrons. The van der Waals surface area contributed by atoms with Crippen LogP contribution in [0.3, 0.4) is 0 Å². The van der Waals surface area contributed by atoms with E-state index in [1.807, 2.05) is 110 Å². The summed E-state index contributed by atoms with van der Waals surface area (Å²) < 4.78 is 30.2. The molecule has 4 atom stereocenters. The van der Waals surface area contributed by atoms with E-state index < -0.39 is 17.4 Å². The van der Waals surface area contributed by atoms with Crippen LogP contribution < -0.4 is 54.8 Å². The third-order valence-electron chi connectivity index (χ3n) is 15.6. The van der Waals surface area contributed by atoms with Crippen molar-refractivity contribution in [2.75, 3.05) is 74.8 Å². The number of phenolic OH excluding ortho intramolecular Hbond substituents is 1. The van der Waals surface area contributed by atoms with Crippen LogP contribution in [0.4, 0.5) is 34.1 Å². The van der Waals surface area contributed by atoms with Crippen LogP contribution >= 0.6 is 0 Å². The fraction of sp³-hybridized carbons (Fsp3) is 0.266. The van der Waals surface area contributed by atoms with E-state index in [1.165, 1.54) is 21.3 Å². The fourth-order valence-electron chi connectivity index (χ4n) is 11.9. The third-order valence-corrected chi connectivity index (χ3v) is 15.6. The van der Waals surface area contributed by atoms with Crippen LogP contribution in [0.2, 0.25) is 0 Å². The van der Waals surface area contributed by atoms with Gasteiger partial charge >= 0.3 is 0 Å². The number of aliphatic imine (C=N–C) groups is 1. The largest absolute Gasteiger partial charge is 0.504 e. The summed E-state index contributed by atoms with van der Waals surface area (Å²) in [6.45, 7) is 4.23. The van der Waals surface area contributed by atoms with Gasteiger partial charge in [-0.15, -0.1) is 0 Å². The van der Waals surface area contributed by atoms with Gasteiger partial charge in [-0.2, -0.15) is 0 Å². The normalized spacial score (nSPS) is 16.4. The van der Waals surface area contributed by atoms with Gasteiger partial charge in [-0.05, 0) is 121 Å². The molecule has 3 amide bonds. The smallest absolute Gasteiger partial charge is 0.261 e. The quantitative estimate of drug-likeness (QED) is 0.0452. The van der Waals surface area contributed by atoms with Crippen molar-refractivity contribution in [3.8, 4) is 34.5 Å². The summed E-state index contributed by atoms with van der Waals surface area (Å²) in [5.74, 6) is 0.162. The highest BCUT2D eigenvalue weighted by molar-refractivity contribution is 6.15. The number of nitrogens with one attached hydrogen (secondary N) is 4. The number of likely N-dealkylation sites (N-methyl/N-ethyl adjacent to an activating group) is 1. The average Bonchev–Trinajstić information content (AvgIpc) is 4.17. The number of hydrogen-bond donors (Lipinski definition) is 5. The van der Waals surface area contributed by atoms with Crippen molar-refractivity contribution < 1.29 is 48.0 Å². The van der Waals surface area contributed by atoms with Gasteiger partial charge in [0, 0.05) is 78.1 Å². The Bertz CT molecular complexity index is 3620. The minimum Gasteiger partial charge on any atom is -0.504 e. The lowest BCUT2D eigenvalue weighted by Crippen LogP contribution is -2.46. The molecule has 0 bridgehead atoms. The van der Waals surface area contributed by atoms with Crippen LogP contribution in [0.15, 0.2) is 132 Å². The number of carbonyl (C=O) groups is 4. The van der Waals surface area contributed by atoms with Gasteiger partial charge in [0.05, 0.1) is 56.4 Å². The van der Waals surface area contributed by atoms with E-state index in [4.69, 9.17) is 28.7 Å². The van der Waals surface area contributed by atoms with E-state index in [1.54, 1.807) is 61.6 Å². The standard InChI is InChI=1S/C64H65N7O10/c1-37-21-40-15-10-13-19-51(40)70(37)62(75)45-26-56(78-7)58(29-49(45)67-5)80-35-38-22-39(24-43(23-38)69-60(74)33-65-3)36-81-59-30-50-46(27-57(59)79-8)63(76)71-52-20-14-11-17-44(52)61(53(71)32-68-50)64(2,31-41-16-9-12-18-48(41)66-4)47-28-54(73)55(77-6)25-42(47)34-72/h9-20,22-30,32,34,37,53,61,65-67,73H,21,31,33,35-36H2,1-8H3,(H,69,74)/t37-,53?,61?,64?/m1/s1. The van der Waals surface area contributed by atoms with E-state index >= 15 is 4.79 Å². The Morgan fingerprint density at radius 2 is 1.41 bits per heavy atom. The van der Waals surface area contributed by atoms with Gasteiger partial charge in [-0.3, -0.25) is 29.1 Å². The van der Waals surface area contributed by atoms with E-state index in [9.17, 15) is 19.5 Å². The first-order valence-electron chi connectivity index (χ1n) is 26.7. The Kier molecular flexibility index (Phi) is 15.7. The summed E-state index contributed by atoms with van der Waals surface area (Å²) in [6.07, 6.45) is 3.71. The second-order valence-electron chi connectivity index (χ2n) is 20.6. The van der Waals surface area contributed by atoms with Crippen molar-refractivity contribution in [3.05, 3.63) is 177 Å². The number of phenols is 1. The Labute approximate surface area is 470 Å². The van der Waals surface area contributed by atoms with E-state index in [-0.39, 0.29) is 66.3 Å². The molecule has 5 N–H and O–H groups in total. The summed E-state index contributed by atoms with van der Waals surface area (Å²) in [5.41, 5.74) is 8.86. The maximum absolute atomic E-state index is 15.3. The van der Waals surface area contributed by atoms with Crippen LogP contribution in [0, 0.1) is 0 Å². The molecule has 0 aliphatic carbocycles. The first-order valence-corrected chi connectivity index (χ1v) is 26.7. The number of aromatic hydroxyl groups is 1. The zero-order valence-corrected chi connectivity index (χ0v) is 46.5. The zero-order valence-electron chi connectivity index (χ0n) is 46.5. The topological polar surface area (TPSA) is 202 Å². The Balaban J connectivity index is 0.964. The summed E-state index contributed by atoms with van der Waals surface area (Å²) in [6, 6.07) is 38.4. The first-order chi connectivity index (χ1) is 39.2. The molecular formula is C64H65N7O10. The number of para-hydroxylation sites is 3. The number of rotatable bonds is 20. The highest BCUT2D eigenvalue weighted by Crippen LogP contribution is 2.55. The molecule has 3 aliphatic rings. The maximum Gasteiger partial charge on any atom is 0.261 e. The van der Waals surface area contributed by atoms with E-state index in [0.717, 1.165) is 40.8 Å². The van der Waals surface area contributed by atoms with Crippen LogP contribution in [0.5, 0.6) is 34.5 Å². The lowest BCUT2D eigenvalue weighted by molar-refractivity contribution is -0.115. The van der Waals surface area contributed by atoms with Gasteiger partial charge in [0.25, 0.3) is 11.8 Å². The lowest BCUT2D eigenvalue weighted by atomic mass is 9.63. The average molecular weight is 1090 g/mol. The van der Waals surface area contributed by atoms with Gasteiger partial charge in [0.15, 0.2) is 34.5 Å². The van der Waals surface area contributed by atoms with E-state index in [2.05, 4.69) is 28.2 Å². The predicted octanol–water partition coefficient (Wildman–Crippen LogP) is 10.3. The zero-order chi connectivity index (χ0) is 57.1. The second-order valence-corrected chi connectivity index (χ2v) is 20.6. The van der Waals surface area contributed by atoms with Crippen molar-refractivity contribution in [1.82, 2.24) is 5.32 Å². The Morgan fingerprint density at radius 1 is 0.753 bits per heavy atom. The summed E-state index contributed by atoms with van der Waals surface area (Å²) in [5, 5.41) is 23.7. The van der Waals surface area contributed by atoms with Gasteiger partial charge in [-0.25, -0.2) is 0 Å². The van der Waals surface area contributed by atoms with Gasteiger partial charge in [0.1, 0.15) is 19.5 Å². The predicted molar refractivity (Wildman–Crippen MR) is 315 cm³/mol. The molecule has 10 rings (SSSR count). The van der Waals surface area contributed by atoms with Crippen LogP contribution in [0.25, 0.3) is 0 Å². The molecule has 7 aromatic rings. The molecule has 81 heavy (non-hydrogen) atoms. The number of nitrogens with zero attached hydrogens (tertiary/aromatic N) is 3. The number of ether oxygens (including phenoxy) is 5. The molecule has 0 saturated carbocycles. The highest BCUT2D eigenvalue weighted by atomic mass is 16.5. The number of carbonyl (C=O) groups excluding carboxylic acids is 4. The number of anilines is 5. The van der Waals surface area contributed by atoms with Gasteiger partial charge < -0.3 is 55.0 Å². The Morgan fingerprint density at radius 3 is 2.10 bits per heavy atom. The first kappa shape index (κ1) is 55.0. The molecular weight excluding hydrogens is 1030 g/mol. The maximum atomic E-state index is 15.3. The molecule has 0 saturated heterocycles. The minimum atomic E-state index is -0.963. The molecule has 17 nitrogen and oxygen atoms in total. The van der Waals surface area contributed by atoms with Gasteiger partial charge in [-0.1, -0.05) is 61.5 Å². The van der Waals surface area contributed by atoms with Crippen molar-refractivity contribution >= 4 is 64.3 Å². The number of benzene rings is 7. The van der Waals surface area contributed by atoms with Crippen LogP contribution in [-0.2, 0) is 36.3 Å². The molecule has 0 fully saturated rings. The number of amides is 3. The fourth-order valence-corrected chi connectivity index (χ4v) is 11.9. The van der Waals surface area contributed by atoms with E-state index in [0.29, 0.717) is 74.2 Å². The number of methoxy groups -OCH3 is 3. The minimum absolute atomic E-state index is 0.00203. The summed E-state index contributed by atoms with van der Waals surface area (Å²) >= 11 is 0. The molecule has 17 heteroatoms. The SMILES string of the molecule is CNCC(=O)Nc1cc(COc2cc3c(cc2OC)C(=O)N2c4ccccc4C(C(C)(Cc4ccccc4NC)c4cc(O)c(OC)cc4C=O)C2C=N3)cc(COc2cc(NC)c(C(=O)N3c4ccccc4C[C@H]3C)cc2OC)c1. The van der Waals surface area contributed by atoms with Crippen LogP contribution in [-0.4, -0.2) is 96.4 Å². The monoisotopic (exact) mass is 1090 g/mol. The molecule has 3 heterocycles. The Hall–Kier alpha value is -9.35. The molecule has 0 aromatic heterocycles. The van der Waals surface area contributed by atoms with Crippen molar-refractivity contribution in [2.24, 2.45) is 4.99 Å². The molecule has 416 valence electrons. The molecule has 0 spiro atoms. The number of aldehydes is 1. The number of hydrogen-bond acceptors (Lipinski definition) is 14. The second kappa shape index (κ2) is 23.2. The molecule has 7 aromatic carbocycles. The third kappa shape index (κ3) is 10.4. The van der Waals surface area contributed by atoms with Crippen molar-refractivity contribution in [3.63, 3.8) is 0 Å². The summed E-state index contributed by atoms with van der Waals surface area (Å²) in [7, 11) is 9.76. The number of fused-ring (bicyclic) bond motifs is 5. The lowest BCUT2D eigenvalue weighted by Gasteiger charge is -2.41. The molecule has 3 aliphatic heterocycles. The van der Waals surface area contributed by atoms with Crippen LogP contribution in [0.1, 0.15) is 84.2 Å².